The number of hydrogen-bond donors (Lipinski definition) is 1. The Morgan fingerprint density at radius 1 is 1.29 bits per heavy atom. The minimum absolute atomic E-state index is 0.0402. The Hall–Kier alpha value is -2.96. The highest BCUT2D eigenvalue weighted by molar-refractivity contribution is 5.61. The predicted molar refractivity (Wildman–Crippen MR) is 91.8 cm³/mol. The number of anilines is 1. The van der Waals surface area contributed by atoms with E-state index >= 15 is 0 Å². The third kappa shape index (κ3) is 3.87. The molecule has 0 aliphatic rings. The second-order valence-corrected chi connectivity index (χ2v) is 5.57. The van der Waals surface area contributed by atoms with Crippen molar-refractivity contribution in [2.75, 3.05) is 11.9 Å². The highest BCUT2D eigenvalue weighted by Crippen LogP contribution is 2.20. The Kier molecular flexibility index (Phi) is 4.69. The summed E-state index contributed by atoms with van der Waals surface area (Å²) < 4.78 is 7.56. The van der Waals surface area contributed by atoms with Crippen LogP contribution in [0.2, 0.25) is 0 Å². The highest BCUT2D eigenvalue weighted by atomic mass is 16.5. The molecule has 0 radical (unpaired) electrons. The SMILES string of the molecule is Cc1nn(C)cc1-c1ccnc(NC[C@@H](C)Oc2cccnc2)n1. The number of aromatic nitrogens is 5. The zero-order valence-electron chi connectivity index (χ0n) is 14.0. The zero-order chi connectivity index (χ0) is 16.9. The number of nitrogens with zero attached hydrogens (tertiary/aromatic N) is 5. The van der Waals surface area contributed by atoms with Crippen LogP contribution in [0.25, 0.3) is 11.3 Å². The van der Waals surface area contributed by atoms with Gasteiger partial charge in [0, 0.05) is 31.2 Å². The number of rotatable bonds is 6. The van der Waals surface area contributed by atoms with Crippen molar-refractivity contribution in [3.63, 3.8) is 0 Å². The van der Waals surface area contributed by atoms with Gasteiger partial charge in [-0.05, 0) is 32.0 Å². The van der Waals surface area contributed by atoms with Gasteiger partial charge in [0.25, 0.3) is 0 Å². The molecule has 3 aromatic heterocycles. The third-order valence-corrected chi connectivity index (χ3v) is 3.46. The van der Waals surface area contributed by atoms with E-state index in [0.717, 1.165) is 22.7 Å². The molecule has 0 bridgehead atoms. The van der Waals surface area contributed by atoms with Crippen LogP contribution in [0.4, 0.5) is 5.95 Å². The number of ether oxygens (including phenoxy) is 1. The van der Waals surface area contributed by atoms with Crippen molar-refractivity contribution < 1.29 is 4.74 Å². The maximum atomic E-state index is 5.78. The van der Waals surface area contributed by atoms with E-state index in [1.807, 2.05) is 45.3 Å². The summed E-state index contributed by atoms with van der Waals surface area (Å²) in [5.41, 5.74) is 2.79. The van der Waals surface area contributed by atoms with E-state index in [1.54, 1.807) is 23.3 Å². The van der Waals surface area contributed by atoms with Crippen LogP contribution >= 0.6 is 0 Å². The number of nitrogens with one attached hydrogen (secondary N) is 1. The lowest BCUT2D eigenvalue weighted by Crippen LogP contribution is -2.23. The lowest BCUT2D eigenvalue weighted by atomic mass is 10.2. The van der Waals surface area contributed by atoms with Gasteiger partial charge >= 0.3 is 0 Å². The fourth-order valence-corrected chi connectivity index (χ4v) is 2.37. The summed E-state index contributed by atoms with van der Waals surface area (Å²) in [5.74, 6) is 1.31. The first-order chi connectivity index (χ1) is 11.6. The zero-order valence-corrected chi connectivity index (χ0v) is 14.0. The van der Waals surface area contributed by atoms with E-state index < -0.39 is 0 Å². The van der Waals surface area contributed by atoms with Crippen molar-refractivity contribution in [2.24, 2.45) is 7.05 Å². The summed E-state index contributed by atoms with van der Waals surface area (Å²) in [6.45, 7) is 4.54. The Labute approximate surface area is 140 Å². The van der Waals surface area contributed by atoms with Gasteiger partial charge in [-0.1, -0.05) is 0 Å². The lowest BCUT2D eigenvalue weighted by molar-refractivity contribution is 0.233. The molecule has 3 heterocycles. The highest BCUT2D eigenvalue weighted by Gasteiger charge is 2.10. The van der Waals surface area contributed by atoms with Crippen LogP contribution in [-0.2, 0) is 7.05 Å². The molecule has 24 heavy (non-hydrogen) atoms. The van der Waals surface area contributed by atoms with Gasteiger partial charge in [-0.3, -0.25) is 9.67 Å². The van der Waals surface area contributed by atoms with Crippen LogP contribution in [0.3, 0.4) is 0 Å². The smallest absolute Gasteiger partial charge is 0.223 e. The fraction of sp³-hybridized carbons (Fsp3) is 0.294. The summed E-state index contributed by atoms with van der Waals surface area (Å²) in [4.78, 5) is 12.8. The molecular formula is C17H20N6O. The molecule has 7 nitrogen and oxygen atoms in total. The minimum Gasteiger partial charge on any atom is -0.487 e. The molecule has 0 aliphatic carbocycles. The van der Waals surface area contributed by atoms with Gasteiger partial charge < -0.3 is 10.1 Å². The first kappa shape index (κ1) is 15.9. The summed E-state index contributed by atoms with van der Waals surface area (Å²) in [6.07, 6.45) is 7.06. The molecule has 0 fully saturated rings. The molecule has 1 N–H and O–H groups in total. The Morgan fingerprint density at radius 3 is 2.88 bits per heavy atom. The van der Waals surface area contributed by atoms with E-state index in [9.17, 15) is 0 Å². The molecular weight excluding hydrogens is 304 g/mol. The van der Waals surface area contributed by atoms with Gasteiger partial charge in [-0.2, -0.15) is 5.10 Å². The fourth-order valence-electron chi connectivity index (χ4n) is 2.37. The molecule has 124 valence electrons. The number of hydrogen-bond acceptors (Lipinski definition) is 6. The molecule has 0 saturated carbocycles. The molecule has 0 unspecified atom stereocenters. The summed E-state index contributed by atoms with van der Waals surface area (Å²) in [5, 5.41) is 7.55. The van der Waals surface area contributed by atoms with E-state index in [0.29, 0.717) is 12.5 Å². The van der Waals surface area contributed by atoms with Gasteiger partial charge in [0.1, 0.15) is 11.9 Å². The Bertz CT molecular complexity index is 802. The van der Waals surface area contributed by atoms with Gasteiger partial charge in [-0.25, -0.2) is 9.97 Å². The molecule has 3 aromatic rings. The maximum Gasteiger partial charge on any atom is 0.223 e. The van der Waals surface area contributed by atoms with Crippen LogP contribution in [0.15, 0.2) is 43.0 Å². The number of pyridine rings is 1. The predicted octanol–water partition coefficient (Wildman–Crippen LogP) is 2.46. The van der Waals surface area contributed by atoms with E-state index in [2.05, 4.69) is 25.4 Å². The molecule has 1 atom stereocenters. The van der Waals surface area contributed by atoms with Gasteiger partial charge in [0.05, 0.1) is 24.1 Å². The molecule has 0 amide bonds. The second-order valence-electron chi connectivity index (χ2n) is 5.57. The Balaban J connectivity index is 1.63. The molecule has 3 rings (SSSR count). The summed E-state index contributed by atoms with van der Waals surface area (Å²) >= 11 is 0. The van der Waals surface area contributed by atoms with E-state index in [-0.39, 0.29) is 6.10 Å². The standard InChI is InChI=1S/C17H20N6O/c1-12(24-14-5-4-7-18-10-14)9-20-17-19-8-6-16(21-17)15-11-23(3)22-13(15)2/h4-8,10-12H,9H2,1-3H3,(H,19,20,21)/t12-/m1/s1. The number of aryl methyl sites for hydroxylation is 2. The van der Waals surface area contributed by atoms with Crippen LogP contribution in [0, 0.1) is 6.92 Å². The average Bonchev–Trinajstić information content (AvgIpc) is 2.93. The molecule has 7 heteroatoms. The maximum absolute atomic E-state index is 5.78. The van der Waals surface area contributed by atoms with Crippen molar-refractivity contribution in [1.29, 1.82) is 0 Å². The first-order valence-electron chi connectivity index (χ1n) is 7.76. The van der Waals surface area contributed by atoms with Gasteiger partial charge in [0.2, 0.25) is 5.95 Å². The van der Waals surface area contributed by atoms with E-state index in [1.165, 1.54) is 0 Å². The largest absolute Gasteiger partial charge is 0.487 e. The molecule has 0 saturated heterocycles. The van der Waals surface area contributed by atoms with E-state index in [4.69, 9.17) is 4.74 Å². The first-order valence-corrected chi connectivity index (χ1v) is 7.76. The summed E-state index contributed by atoms with van der Waals surface area (Å²) in [7, 11) is 1.90. The normalized spacial score (nSPS) is 12.0. The quantitative estimate of drug-likeness (QED) is 0.750. The van der Waals surface area contributed by atoms with Crippen molar-refractivity contribution >= 4 is 5.95 Å². The monoisotopic (exact) mass is 324 g/mol. The van der Waals surface area contributed by atoms with Crippen LogP contribution in [0.1, 0.15) is 12.6 Å². The van der Waals surface area contributed by atoms with Crippen molar-refractivity contribution in [3.8, 4) is 17.0 Å². The minimum atomic E-state index is -0.0402. The molecule has 0 aromatic carbocycles. The molecule has 0 aliphatic heterocycles. The van der Waals surface area contributed by atoms with Gasteiger partial charge in [-0.15, -0.1) is 0 Å². The third-order valence-electron chi connectivity index (χ3n) is 3.46. The van der Waals surface area contributed by atoms with Crippen LogP contribution in [-0.4, -0.2) is 37.4 Å². The van der Waals surface area contributed by atoms with Gasteiger partial charge in [0.15, 0.2) is 0 Å². The summed E-state index contributed by atoms with van der Waals surface area (Å²) in [6, 6.07) is 5.61. The Morgan fingerprint density at radius 2 is 2.17 bits per heavy atom. The average molecular weight is 324 g/mol. The van der Waals surface area contributed by atoms with Crippen LogP contribution in [0.5, 0.6) is 5.75 Å². The van der Waals surface area contributed by atoms with Crippen molar-refractivity contribution in [2.45, 2.75) is 20.0 Å². The molecule has 0 spiro atoms. The van der Waals surface area contributed by atoms with Crippen LogP contribution < -0.4 is 10.1 Å². The lowest BCUT2D eigenvalue weighted by Gasteiger charge is -2.15. The second kappa shape index (κ2) is 7.08. The van der Waals surface area contributed by atoms with Crippen molar-refractivity contribution in [1.82, 2.24) is 24.7 Å². The van der Waals surface area contributed by atoms with Crippen molar-refractivity contribution in [3.05, 3.63) is 48.7 Å². The topological polar surface area (TPSA) is 77.8 Å².